The number of aromatic nitrogens is 3. The van der Waals surface area contributed by atoms with Crippen molar-refractivity contribution in [2.45, 2.75) is 30.7 Å². The van der Waals surface area contributed by atoms with Crippen molar-refractivity contribution in [1.82, 2.24) is 15.2 Å². The van der Waals surface area contributed by atoms with Gasteiger partial charge in [0.15, 0.2) is 5.16 Å². The van der Waals surface area contributed by atoms with Gasteiger partial charge in [-0.3, -0.25) is 9.89 Å². The van der Waals surface area contributed by atoms with Crippen molar-refractivity contribution in [1.29, 1.82) is 0 Å². The van der Waals surface area contributed by atoms with Gasteiger partial charge in [0.2, 0.25) is 5.91 Å². The molecule has 0 aliphatic rings. The number of aryl methyl sites for hydroxylation is 1. The Bertz CT molecular complexity index is 524. The topological polar surface area (TPSA) is 70.7 Å². The number of rotatable bonds is 5. The number of H-pyrrole nitrogens is 1. The predicted molar refractivity (Wildman–Crippen MR) is 76.2 cm³/mol. The summed E-state index contributed by atoms with van der Waals surface area (Å²) in [4.78, 5) is 16.0. The van der Waals surface area contributed by atoms with Crippen LogP contribution < -0.4 is 5.32 Å². The zero-order chi connectivity index (χ0) is 13.7. The van der Waals surface area contributed by atoms with Crippen molar-refractivity contribution in [3.8, 4) is 0 Å². The second kappa shape index (κ2) is 6.38. The molecule has 1 aromatic carbocycles. The number of hydrogen-bond acceptors (Lipinski definition) is 4. The van der Waals surface area contributed by atoms with E-state index in [0.29, 0.717) is 5.16 Å². The van der Waals surface area contributed by atoms with Crippen LogP contribution in [0.15, 0.2) is 35.7 Å². The van der Waals surface area contributed by atoms with Gasteiger partial charge in [0.1, 0.15) is 6.33 Å². The maximum atomic E-state index is 12.0. The van der Waals surface area contributed by atoms with Crippen LogP contribution in [0.25, 0.3) is 0 Å². The second-order valence-corrected chi connectivity index (χ2v) is 5.42. The molecule has 0 bridgehead atoms. The Morgan fingerprint density at radius 1 is 1.42 bits per heavy atom. The third-order valence-electron chi connectivity index (χ3n) is 2.68. The predicted octanol–water partition coefficient (Wildman–Crippen LogP) is 2.49. The van der Waals surface area contributed by atoms with Crippen LogP contribution in [0.2, 0.25) is 0 Å². The highest BCUT2D eigenvalue weighted by molar-refractivity contribution is 8.00. The monoisotopic (exact) mass is 276 g/mol. The average Bonchev–Trinajstić information content (AvgIpc) is 2.92. The van der Waals surface area contributed by atoms with Gasteiger partial charge in [-0.05, 0) is 31.0 Å². The Balaban J connectivity index is 1.92. The van der Waals surface area contributed by atoms with Gasteiger partial charge < -0.3 is 5.32 Å². The van der Waals surface area contributed by atoms with Crippen molar-refractivity contribution in [3.05, 3.63) is 36.2 Å². The Labute approximate surface area is 116 Å². The first-order valence-electron chi connectivity index (χ1n) is 6.11. The number of benzene rings is 1. The van der Waals surface area contributed by atoms with E-state index < -0.39 is 0 Å². The molecule has 0 unspecified atom stereocenters. The minimum absolute atomic E-state index is 0.0503. The lowest BCUT2D eigenvalue weighted by Gasteiger charge is -2.10. The summed E-state index contributed by atoms with van der Waals surface area (Å²) < 4.78 is 0. The summed E-state index contributed by atoms with van der Waals surface area (Å²) >= 11 is 1.34. The van der Waals surface area contributed by atoms with Crippen LogP contribution in [-0.2, 0) is 11.2 Å². The van der Waals surface area contributed by atoms with E-state index in [9.17, 15) is 4.79 Å². The van der Waals surface area contributed by atoms with Crippen LogP contribution in [-0.4, -0.2) is 26.3 Å². The molecule has 1 heterocycles. The lowest BCUT2D eigenvalue weighted by Crippen LogP contribution is -2.22. The molecule has 0 aliphatic heterocycles. The molecule has 0 saturated heterocycles. The number of hydrogen-bond donors (Lipinski definition) is 2. The lowest BCUT2D eigenvalue weighted by atomic mass is 10.1. The van der Waals surface area contributed by atoms with Crippen LogP contribution in [0.1, 0.15) is 19.4 Å². The first-order chi connectivity index (χ1) is 9.19. The van der Waals surface area contributed by atoms with Crippen LogP contribution in [0.3, 0.4) is 0 Å². The second-order valence-electron chi connectivity index (χ2n) is 4.09. The van der Waals surface area contributed by atoms with E-state index in [2.05, 4.69) is 27.4 Å². The Morgan fingerprint density at radius 3 is 2.74 bits per heavy atom. The molecular formula is C13H16N4OS. The van der Waals surface area contributed by atoms with Crippen LogP contribution in [0, 0.1) is 0 Å². The third kappa shape index (κ3) is 3.82. The molecule has 1 aromatic heterocycles. The van der Waals surface area contributed by atoms with Gasteiger partial charge >= 0.3 is 0 Å². The van der Waals surface area contributed by atoms with Crippen LogP contribution >= 0.6 is 11.8 Å². The van der Waals surface area contributed by atoms with E-state index >= 15 is 0 Å². The first kappa shape index (κ1) is 13.6. The number of nitrogens with one attached hydrogen (secondary N) is 2. The molecule has 0 aliphatic carbocycles. The molecule has 0 saturated carbocycles. The highest BCUT2D eigenvalue weighted by Gasteiger charge is 2.15. The summed E-state index contributed by atoms with van der Waals surface area (Å²) in [6.45, 7) is 3.94. The molecule has 19 heavy (non-hydrogen) atoms. The molecule has 2 N–H and O–H groups in total. The number of anilines is 1. The number of amides is 1. The maximum absolute atomic E-state index is 12.0. The summed E-state index contributed by atoms with van der Waals surface area (Å²) in [5, 5.41) is 9.76. The summed E-state index contributed by atoms with van der Waals surface area (Å²) in [5.41, 5.74) is 2.06. The van der Waals surface area contributed by atoms with E-state index in [1.165, 1.54) is 23.7 Å². The lowest BCUT2D eigenvalue weighted by molar-refractivity contribution is -0.115. The van der Waals surface area contributed by atoms with Gasteiger partial charge in [0.05, 0.1) is 5.25 Å². The summed E-state index contributed by atoms with van der Waals surface area (Å²) in [7, 11) is 0. The maximum Gasteiger partial charge on any atom is 0.237 e. The van der Waals surface area contributed by atoms with Gasteiger partial charge in [-0.15, -0.1) is 0 Å². The zero-order valence-corrected chi connectivity index (χ0v) is 11.7. The SMILES string of the molecule is CCc1ccc(NC(=O)[C@H](C)Sc2ncn[nH]2)cc1. The van der Waals surface area contributed by atoms with E-state index in [4.69, 9.17) is 0 Å². The van der Waals surface area contributed by atoms with Gasteiger partial charge in [-0.2, -0.15) is 5.10 Å². The molecule has 100 valence electrons. The fraction of sp³-hybridized carbons (Fsp3) is 0.308. The zero-order valence-electron chi connectivity index (χ0n) is 10.9. The minimum Gasteiger partial charge on any atom is -0.325 e. The molecule has 2 rings (SSSR count). The molecular weight excluding hydrogens is 260 g/mol. The number of aromatic amines is 1. The van der Waals surface area contributed by atoms with Crippen LogP contribution in [0.5, 0.6) is 0 Å². The van der Waals surface area contributed by atoms with E-state index in [0.717, 1.165) is 12.1 Å². The summed E-state index contributed by atoms with van der Waals surface area (Å²) in [6, 6.07) is 7.87. The van der Waals surface area contributed by atoms with E-state index in [1.807, 2.05) is 31.2 Å². The molecule has 1 atom stereocenters. The number of thioether (sulfide) groups is 1. The van der Waals surface area contributed by atoms with Gasteiger partial charge in [-0.1, -0.05) is 30.8 Å². The minimum atomic E-state index is -0.237. The average molecular weight is 276 g/mol. The van der Waals surface area contributed by atoms with Crippen molar-refractivity contribution in [2.24, 2.45) is 0 Å². The quantitative estimate of drug-likeness (QED) is 0.823. The standard InChI is InChI=1S/C13H16N4OS/c1-3-10-4-6-11(7-5-10)16-12(18)9(2)19-13-14-8-15-17-13/h4-9H,3H2,1-2H3,(H,16,18)(H,14,15,17)/t9-/m0/s1. The molecule has 6 heteroatoms. The summed E-state index contributed by atoms with van der Waals surface area (Å²) in [5.74, 6) is -0.0503. The van der Waals surface area contributed by atoms with E-state index in [1.54, 1.807) is 0 Å². The largest absolute Gasteiger partial charge is 0.325 e. The molecule has 2 aromatic rings. The molecule has 0 radical (unpaired) electrons. The molecule has 1 amide bonds. The van der Waals surface area contributed by atoms with Crippen molar-refractivity contribution >= 4 is 23.4 Å². The normalized spacial score (nSPS) is 12.1. The fourth-order valence-electron chi connectivity index (χ4n) is 1.54. The Morgan fingerprint density at radius 2 is 2.16 bits per heavy atom. The smallest absolute Gasteiger partial charge is 0.237 e. The van der Waals surface area contributed by atoms with Gasteiger partial charge in [-0.25, -0.2) is 4.98 Å². The highest BCUT2D eigenvalue weighted by Crippen LogP contribution is 2.20. The van der Waals surface area contributed by atoms with Crippen molar-refractivity contribution in [2.75, 3.05) is 5.32 Å². The highest BCUT2D eigenvalue weighted by atomic mass is 32.2. The van der Waals surface area contributed by atoms with Gasteiger partial charge in [0, 0.05) is 5.69 Å². The number of nitrogens with zero attached hydrogens (tertiary/aromatic N) is 2. The van der Waals surface area contributed by atoms with Crippen LogP contribution in [0.4, 0.5) is 5.69 Å². The molecule has 0 fully saturated rings. The number of carbonyl (C=O) groups excluding carboxylic acids is 1. The van der Waals surface area contributed by atoms with E-state index in [-0.39, 0.29) is 11.2 Å². The van der Waals surface area contributed by atoms with Gasteiger partial charge in [0.25, 0.3) is 0 Å². The number of carbonyl (C=O) groups is 1. The first-order valence-corrected chi connectivity index (χ1v) is 6.99. The molecule has 5 nitrogen and oxygen atoms in total. The Hall–Kier alpha value is -1.82. The summed E-state index contributed by atoms with van der Waals surface area (Å²) in [6.07, 6.45) is 2.42. The molecule has 0 spiro atoms. The van der Waals surface area contributed by atoms with Crippen molar-refractivity contribution in [3.63, 3.8) is 0 Å². The third-order valence-corrected chi connectivity index (χ3v) is 3.67. The fourth-order valence-corrected chi connectivity index (χ4v) is 2.25. The Kier molecular flexibility index (Phi) is 4.57. The van der Waals surface area contributed by atoms with Crippen molar-refractivity contribution < 1.29 is 4.79 Å².